The first kappa shape index (κ1) is 31.7. The molecular formula is C29H32ClFN8O3S2. The van der Waals surface area contributed by atoms with Crippen LogP contribution in [0.25, 0.3) is 0 Å². The number of amides is 1. The number of para-hydroxylation sites is 1. The van der Waals surface area contributed by atoms with E-state index in [1.165, 1.54) is 18.3 Å². The van der Waals surface area contributed by atoms with Gasteiger partial charge in [0.25, 0.3) is 5.91 Å². The van der Waals surface area contributed by atoms with Crippen LogP contribution in [0, 0.1) is 31.5 Å². The Morgan fingerprint density at radius 3 is 2.36 bits per heavy atom. The Bertz CT molecular complexity index is 1710. The normalized spacial score (nSPS) is 16.8. The summed E-state index contributed by atoms with van der Waals surface area (Å²) < 4.78 is 40.8. The van der Waals surface area contributed by atoms with Crippen LogP contribution in [0.1, 0.15) is 46.7 Å². The summed E-state index contributed by atoms with van der Waals surface area (Å²) >= 11 is 7.40. The van der Waals surface area contributed by atoms with Gasteiger partial charge in [-0.05, 0) is 87.3 Å². The molecule has 2 heterocycles. The van der Waals surface area contributed by atoms with Crippen LogP contribution in [0.4, 0.5) is 27.1 Å². The first-order chi connectivity index (χ1) is 21.1. The Kier molecular flexibility index (Phi) is 10.0. The zero-order valence-electron chi connectivity index (χ0n) is 24.1. The fraction of sp³-hybridized carbons (Fsp3) is 0.345. The Hall–Kier alpha value is -3.72. The molecule has 0 atom stereocenters. The Labute approximate surface area is 264 Å². The average Bonchev–Trinajstić information content (AvgIpc) is 3.46. The van der Waals surface area contributed by atoms with Crippen molar-refractivity contribution in [2.24, 2.45) is 11.8 Å². The molecule has 11 nitrogen and oxygen atoms in total. The number of nitrogens with one attached hydrogen (secondary N) is 4. The number of carbonyl (C=O) groups excluding carboxylic acids is 1. The second-order valence-corrected chi connectivity index (χ2v) is 13.8. The molecule has 1 aliphatic rings. The number of hydrogen-bond donors (Lipinski definition) is 4. The third-order valence-corrected chi connectivity index (χ3v) is 10.0. The summed E-state index contributed by atoms with van der Waals surface area (Å²) in [6, 6.07) is 10.2. The number of rotatable bonds is 11. The zero-order chi connectivity index (χ0) is 31.3. The number of hydrogen-bond acceptors (Lipinski definition) is 10. The number of anilines is 4. The van der Waals surface area contributed by atoms with Gasteiger partial charge in [-0.2, -0.15) is 15.0 Å². The molecule has 0 spiro atoms. The number of thiazole rings is 1. The molecule has 2 aromatic carbocycles. The van der Waals surface area contributed by atoms with Crippen LogP contribution in [0.15, 0.2) is 53.6 Å². The van der Waals surface area contributed by atoms with Crippen LogP contribution in [0.2, 0.25) is 5.02 Å². The molecule has 44 heavy (non-hydrogen) atoms. The first-order valence-corrected chi connectivity index (χ1v) is 16.7. The number of benzene rings is 2. The quantitative estimate of drug-likeness (QED) is 0.154. The highest BCUT2D eigenvalue weighted by atomic mass is 35.5. The van der Waals surface area contributed by atoms with Crippen LogP contribution in [-0.4, -0.2) is 47.4 Å². The number of halogens is 2. The van der Waals surface area contributed by atoms with E-state index in [2.05, 4.69) is 40.6 Å². The lowest BCUT2D eigenvalue weighted by Gasteiger charge is -2.28. The van der Waals surface area contributed by atoms with Crippen molar-refractivity contribution in [3.8, 4) is 0 Å². The molecule has 4 N–H and O–H groups in total. The number of aromatic nitrogens is 4. The molecule has 1 fully saturated rings. The van der Waals surface area contributed by atoms with Crippen LogP contribution in [-0.2, 0) is 10.0 Å². The summed E-state index contributed by atoms with van der Waals surface area (Å²) in [7, 11) is -3.67. The number of sulfonamides is 1. The van der Waals surface area contributed by atoms with Gasteiger partial charge < -0.3 is 10.6 Å². The minimum atomic E-state index is -3.67. The molecule has 5 rings (SSSR count). The van der Waals surface area contributed by atoms with Crippen molar-refractivity contribution in [3.05, 3.63) is 75.8 Å². The Morgan fingerprint density at radius 1 is 0.977 bits per heavy atom. The largest absolute Gasteiger partial charge is 0.354 e. The van der Waals surface area contributed by atoms with E-state index in [0.717, 1.165) is 54.7 Å². The molecule has 2 aromatic heterocycles. The third-order valence-electron chi connectivity index (χ3n) is 7.36. The molecule has 15 heteroatoms. The summed E-state index contributed by atoms with van der Waals surface area (Å²) in [5.74, 6) is 1.08. The lowest BCUT2D eigenvalue weighted by molar-refractivity contribution is 0.103. The van der Waals surface area contributed by atoms with E-state index in [1.54, 1.807) is 13.0 Å². The molecule has 0 aliphatic heterocycles. The van der Waals surface area contributed by atoms with Crippen molar-refractivity contribution in [1.29, 1.82) is 0 Å². The molecule has 1 saturated carbocycles. The smallest absolute Gasteiger partial charge is 0.267 e. The summed E-state index contributed by atoms with van der Waals surface area (Å²) in [5.41, 5.74) is 1.42. The van der Waals surface area contributed by atoms with E-state index in [-0.39, 0.29) is 16.7 Å². The van der Waals surface area contributed by atoms with Gasteiger partial charge in [0.15, 0.2) is 5.13 Å². The second-order valence-electron chi connectivity index (χ2n) is 10.6. The SMILES string of the molecule is Cc1nc(NCC2CCC(CNS(=O)(=O)c3ccc(F)cc3)CC2)nc(Nc2ncc(C(=O)Nc3c(C)cccc3Cl)s2)n1. The lowest BCUT2D eigenvalue weighted by Crippen LogP contribution is -2.32. The standard InChI is InChI=1S/C29H32ClFN8O3S2/c1-17-4-3-5-23(30)25(17)37-26(40)24-16-33-29(43-24)39-28-36-18(2)35-27(38-28)32-14-19-6-8-20(9-7-19)15-34-44(41,42)22-12-10-21(31)11-13-22/h3-5,10-13,16,19-20,34H,6-9,14-15H2,1-2H3,(H,37,40)(H2,32,33,35,36,38,39). The van der Waals surface area contributed by atoms with E-state index < -0.39 is 15.8 Å². The van der Waals surface area contributed by atoms with E-state index in [1.807, 2.05) is 19.1 Å². The predicted octanol–water partition coefficient (Wildman–Crippen LogP) is 5.93. The molecule has 4 aromatic rings. The van der Waals surface area contributed by atoms with Crippen LogP contribution >= 0.6 is 22.9 Å². The molecule has 232 valence electrons. The highest BCUT2D eigenvalue weighted by molar-refractivity contribution is 7.89. The molecule has 0 bridgehead atoms. The maximum atomic E-state index is 13.1. The summed E-state index contributed by atoms with van der Waals surface area (Å²) in [6.45, 7) is 4.65. The number of aryl methyl sites for hydroxylation is 2. The van der Waals surface area contributed by atoms with Crippen LogP contribution < -0.4 is 20.7 Å². The van der Waals surface area contributed by atoms with Gasteiger partial charge in [0, 0.05) is 13.1 Å². The predicted molar refractivity (Wildman–Crippen MR) is 170 cm³/mol. The fourth-order valence-electron chi connectivity index (χ4n) is 4.91. The van der Waals surface area contributed by atoms with Gasteiger partial charge in [-0.1, -0.05) is 35.1 Å². The van der Waals surface area contributed by atoms with E-state index in [9.17, 15) is 17.6 Å². The number of carbonyl (C=O) groups is 1. The van der Waals surface area contributed by atoms with E-state index in [4.69, 9.17) is 11.6 Å². The van der Waals surface area contributed by atoms with Crippen LogP contribution in [0.3, 0.4) is 0 Å². The van der Waals surface area contributed by atoms with Gasteiger partial charge in [0.05, 0.1) is 21.8 Å². The highest BCUT2D eigenvalue weighted by Gasteiger charge is 2.24. The van der Waals surface area contributed by atoms with E-state index >= 15 is 0 Å². The minimum Gasteiger partial charge on any atom is -0.354 e. The monoisotopic (exact) mass is 658 g/mol. The minimum absolute atomic E-state index is 0.0579. The van der Waals surface area contributed by atoms with Gasteiger partial charge >= 0.3 is 0 Å². The molecule has 1 amide bonds. The van der Waals surface area contributed by atoms with Crippen molar-refractivity contribution in [1.82, 2.24) is 24.7 Å². The van der Waals surface area contributed by atoms with Crippen molar-refractivity contribution in [2.75, 3.05) is 29.0 Å². The van der Waals surface area contributed by atoms with Crippen molar-refractivity contribution in [3.63, 3.8) is 0 Å². The van der Waals surface area contributed by atoms with Gasteiger partial charge in [-0.15, -0.1) is 0 Å². The molecule has 0 radical (unpaired) electrons. The molecule has 0 saturated heterocycles. The highest BCUT2D eigenvalue weighted by Crippen LogP contribution is 2.30. The van der Waals surface area contributed by atoms with Crippen molar-refractivity contribution < 1.29 is 17.6 Å². The maximum absolute atomic E-state index is 13.1. The van der Waals surface area contributed by atoms with Crippen LogP contribution in [0.5, 0.6) is 0 Å². The summed E-state index contributed by atoms with van der Waals surface area (Å²) in [4.78, 5) is 30.7. The van der Waals surface area contributed by atoms with Gasteiger partial charge in [0.2, 0.25) is 21.9 Å². The lowest BCUT2D eigenvalue weighted by atomic mass is 9.82. The van der Waals surface area contributed by atoms with E-state index in [0.29, 0.717) is 57.4 Å². The van der Waals surface area contributed by atoms with Crippen molar-refractivity contribution in [2.45, 2.75) is 44.4 Å². The molecule has 1 aliphatic carbocycles. The summed E-state index contributed by atoms with van der Waals surface area (Å²) in [6.07, 6.45) is 5.12. The first-order valence-electron chi connectivity index (χ1n) is 14.1. The molecule has 0 unspecified atom stereocenters. The Balaban J connectivity index is 1.10. The Morgan fingerprint density at radius 2 is 1.66 bits per heavy atom. The fourth-order valence-corrected chi connectivity index (χ4v) is 7.01. The van der Waals surface area contributed by atoms with Gasteiger partial charge in [-0.25, -0.2) is 22.5 Å². The number of nitrogens with zero attached hydrogens (tertiary/aromatic N) is 4. The maximum Gasteiger partial charge on any atom is 0.267 e. The molecular weight excluding hydrogens is 627 g/mol. The zero-order valence-corrected chi connectivity index (χ0v) is 26.5. The topological polar surface area (TPSA) is 151 Å². The second kappa shape index (κ2) is 13.9. The average molecular weight is 659 g/mol. The third kappa shape index (κ3) is 8.25. The summed E-state index contributed by atoms with van der Waals surface area (Å²) in [5, 5.41) is 10.1. The van der Waals surface area contributed by atoms with Gasteiger partial charge in [0.1, 0.15) is 16.5 Å². The van der Waals surface area contributed by atoms with Gasteiger partial charge in [-0.3, -0.25) is 10.1 Å². The van der Waals surface area contributed by atoms with Crippen molar-refractivity contribution >= 4 is 61.6 Å².